The van der Waals surface area contributed by atoms with E-state index in [1.54, 1.807) is 4.90 Å². The molecule has 0 saturated carbocycles. The molecule has 4 aromatic carbocycles. The molecule has 4 aromatic rings. The van der Waals surface area contributed by atoms with Crippen LogP contribution in [0.4, 0.5) is 11.4 Å². The summed E-state index contributed by atoms with van der Waals surface area (Å²) in [6.45, 7) is 0.420. The molecule has 0 saturated heterocycles. The van der Waals surface area contributed by atoms with Crippen molar-refractivity contribution in [2.75, 3.05) is 4.90 Å². The number of nitrogens with zero attached hydrogens (tertiary/aromatic N) is 2. The first kappa shape index (κ1) is 18.8. The van der Waals surface area contributed by atoms with Crippen LogP contribution in [0, 0.1) is 0 Å². The van der Waals surface area contributed by atoms with E-state index in [-0.39, 0.29) is 5.91 Å². The lowest BCUT2D eigenvalue weighted by atomic mass is 10.1. The summed E-state index contributed by atoms with van der Waals surface area (Å²) in [7, 11) is 0. The third-order valence-corrected chi connectivity index (χ3v) is 5.14. The molecule has 4 nitrogen and oxygen atoms in total. The molecule has 0 aliphatic carbocycles. The van der Waals surface area contributed by atoms with Crippen LogP contribution in [-0.2, 0) is 11.3 Å². The van der Waals surface area contributed by atoms with Gasteiger partial charge < -0.3 is 4.74 Å². The van der Waals surface area contributed by atoms with Gasteiger partial charge in [0.25, 0.3) is 5.91 Å². The third-order valence-electron chi connectivity index (χ3n) is 5.14. The molecule has 1 aliphatic rings. The summed E-state index contributed by atoms with van der Waals surface area (Å²) < 4.78 is 5.84. The fraction of sp³-hybridized carbons (Fsp3) is 0.0370. The number of rotatable bonds is 5. The van der Waals surface area contributed by atoms with Gasteiger partial charge in [0, 0.05) is 11.3 Å². The fourth-order valence-corrected chi connectivity index (χ4v) is 3.64. The Bertz CT molecular complexity index is 1230. The maximum absolute atomic E-state index is 13.2. The Labute approximate surface area is 181 Å². The summed E-state index contributed by atoms with van der Waals surface area (Å²) in [4.78, 5) is 19.6. The van der Waals surface area contributed by atoms with Crippen molar-refractivity contribution in [3.63, 3.8) is 0 Å². The molecule has 4 heteroatoms. The van der Waals surface area contributed by atoms with Crippen molar-refractivity contribution in [2.24, 2.45) is 4.99 Å². The summed E-state index contributed by atoms with van der Waals surface area (Å²) in [5.41, 5.74) is 4.07. The normalized spacial score (nSPS) is 14.0. The monoisotopic (exact) mass is 404 g/mol. The molecule has 0 aromatic heterocycles. The quantitative estimate of drug-likeness (QED) is 0.400. The third kappa shape index (κ3) is 3.83. The molecule has 0 spiro atoms. The Kier molecular flexibility index (Phi) is 5.03. The average molecular weight is 404 g/mol. The number of aliphatic imine (C=N–C) groups is 1. The number of hydrogen-bond acceptors (Lipinski definition) is 3. The second-order valence-corrected chi connectivity index (χ2v) is 7.22. The molecule has 1 amide bonds. The SMILES string of the molecule is O=C1/C(=N\Cc2ccc(Oc3ccccc3)cc2)c2ccccc2N1c1ccccc1. The lowest BCUT2D eigenvalue weighted by Crippen LogP contribution is -2.25. The Morgan fingerprint density at radius 3 is 2.03 bits per heavy atom. The Balaban J connectivity index is 1.38. The number of benzene rings is 4. The van der Waals surface area contributed by atoms with Crippen molar-refractivity contribution in [3.05, 3.63) is 120 Å². The van der Waals surface area contributed by atoms with Gasteiger partial charge in [-0.15, -0.1) is 0 Å². The Hall–Kier alpha value is -4.18. The first-order valence-corrected chi connectivity index (χ1v) is 10.1. The van der Waals surface area contributed by atoms with Gasteiger partial charge in [0.1, 0.15) is 17.2 Å². The van der Waals surface area contributed by atoms with Crippen molar-refractivity contribution in [3.8, 4) is 11.5 Å². The molecule has 0 atom stereocenters. The zero-order chi connectivity index (χ0) is 21.0. The number of carbonyl (C=O) groups excluding carboxylic acids is 1. The predicted octanol–water partition coefficient (Wildman–Crippen LogP) is 6.15. The van der Waals surface area contributed by atoms with E-state index in [9.17, 15) is 4.79 Å². The van der Waals surface area contributed by atoms with E-state index < -0.39 is 0 Å². The maximum Gasteiger partial charge on any atom is 0.281 e. The average Bonchev–Trinajstić information content (AvgIpc) is 3.11. The molecule has 5 rings (SSSR count). The molecule has 0 bridgehead atoms. The van der Waals surface area contributed by atoms with E-state index in [0.717, 1.165) is 34.0 Å². The van der Waals surface area contributed by atoms with E-state index in [1.807, 2.05) is 109 Å². The van der Waals surface area contributed by atoms with Gasteiger partial charge in [-0.2, -0.15) is 0 Å². The van der Waals surface area contributed by atoms with E-state index in [2.05, 4.69) is 4.99 Å². The number of para-hydroxylation sites is 3. The van der Waals surface area contributed by atoms with E-state index in [0.29, 0.717) is 12.3 Å². The van der Waals surface area contributed by atoms with Crippen LogP contribution in [0.15, 0.2) is 114 Å². The van der Waals surface area contributed by atoms with E-state index in [1.165, 1.54) is 0 Å². The molecule has 0 radical (unpaired) electrons. The molecule has 1 aliphatic heterocycles. The Morgan fingerprint density at radius 2 is 1.29 bits per heavy atom. The van der Waals surface area contributed by atoms with E-state index in [4.69, 9.17) is 4.74 Å². The molecule has 150 valence electrons. The number of anilines is 2. The summed E-state index contributed by atoms with van der Waals surface area (Å²) in [6, 6.07) is 34.9. The lowest BCUT2D eigenvalue weighted by molar-refractivity contribution is -0.111. The highest BCUT2D eigenvalue weighted by Gasteiger charge is 2.34. The standard InChI is InChI=1S/C27H20N2O2/c30-27-26(24-13-7-8-14-25(24)29(27)21-9-3-1-4-10-21)28-19-20-15-17-23(18-16-20)31-22-11-5-2-6-12-22/h1-18H,19H2/b28-26-. The van der Waals surface area contributed by atoms with Crippen LogP contribution < -0.4 is 9.64 Å². The summed E-state index contributed by atoms with van der Waals surface area (Å²) in [6.07, 6.45) is 0. The van der Waals surface area contributed by atoms with Crippen LogP contribution >= 0.6 is 0 Å². The molecule has 31 heavy (non-hydrogen) atoms. The summed E-state index contributed by atoms with van der Waals surface area (Å²) in [5.74, 6) is 1.46. The second-order valence-electron chi connectivity index (χ2n) is 7.22. The second kappa shape index (κ2) is 8.28. The van der Waals surface area contributed by atoms with Gasteiger partial charge >= 0.3 is 0 Å². The van der Waals surface area contributed by atoms with Gasteiger partial charge in [0.05, 0.1) is 12.2 Å². The van der Waals surface area contributed by atoms with Gasteiger partial charge in [-0.1, -0.05) is 66.7 Å². The smallest absolute Gasteiger partial charge is 0.281 e. The van der Waals surface area contributed by atoms with Crippen LogP contribution in [0.5, 0.6) is 11.5 Å². The highest BCUT2D eigenvalue weighted by atomic mass is 16.5. The number of amides is 1. The molecular formula is C27H20N2O2. The Morgan fingerprint density at radius 1 is 0.677 bits per heavy atom. The van der Waals surface area contributed by atoms with Crippen molar-refractivity contribution in [1.82, 2.24) is 0 Å². The first-order chi connectivity index (χ1) is 15.3. The lowest BCUT2D eigenvalue weighted by Gasteiger charge is -2.16. The maximum atomic E-state index is 13.2. The van der Waals surface area contributed by atoms with Crippen LogP contribution in [0.2, 0.25) is 0 Å². The topological polar surface area (TPSA) is 41.9 Å². The highest BCUT2D eigenvalue weighted by molar-refractivity contribution is 6.55. The fourth-order valence-electron chi connectivity index (χ4n) is 3.64. The summed E-state index contributed by atoms with van der Waals surface area (Å²) >= 11 is 0. The number of carbonyl (C=O) groups is 1. The molecule has 1 heterocycles. The van der Waals surface area contributed by atoms with E-state index >= 15 is 0 Å². The van der Waals surface area contributed by atoms with Crippen LogP contribution in [0.25, 0.3) is 0 Å². The minimum absolute atomic E-state index is 0.101. The van der Waals surface area contributed by atoms with Crippen LogP contribution in [0.1, 0.15) is 11.1 Å². The largest absolute Gasteiger partial charge is 0.457 e. The van der Waals surface area contributed by atoms with Crippen molar-refractivity contribution in [2.45, 2.75) is 6.54 Å². The number of ether oxygens (including phenoxy) is 1. The van der Waals surface area contributed by atoms with Gasteiger partial charge in [-0.25, -0.2) is 0 Å². The number of hydrogen-bond donors (Lipinski definition) is 0. The predicted molar refractivity (Wildman–Crippen MR) is 123 cm³/mol. The minimum atomic E-state index is -0.101. The van der Waals surface area contributed by atoms with Gasteiger partial charge in [0.2, 0.25) is 0 Å². The molecule has 0 fully saturated rings. The summed E-state index contributed by atoms with van der Waals surface area (Å²) in [5, 5.41) is 0. The minimum Gasteiger partial charge on any atom is -0.457 e. The number of fused-ring (bicyclic) bond motifs is 1. The van der Waals surface area contributed by atoms with Gasteiger partial charge in [-0.05, 0) is 48.0 Å². The zero-order valence-corrected chi connectivity index (χ0v) is 16.8. The van der Waals surface area contributed by atoms with Gasteiger partial charge in [0.15, 0.2) is 0 Å². The van der Waals surface area contributed by atoms with Crippen molar-refractivity contribution in [1.29, 1.82) is 0 Å². The molecule has 0 N–H and O–H groups in total. The molecule has 0 unspecified atom stereocenters. The van der Waals surface area contributed by atoms with Crippen LogP contribution in [-0.4, -0.2) is 11.6 Å². The van der Waals surface area contributed by atoms with Crippen LogP contribution in [0.3, 0.4) is 0 Å². The first-order valence-electron chi connectivity index (χ1n) is 10.1. The van der Waals surface area contributed by atoms with Gasteiger partial charge in [-0.3, -0.25) is 14.7 Å². The van der Waals surface area contributed by atoms with Crippen molar-refractivity contribution < 1.29 is 9.53 Å². The van der Waals surface area contributed by atoms with Crippen molar-refractivity contribution >= 4 is 23.0 Å². The zero-order valence-electron chi connectivity index (χ0n) is 16.8. The molecular weight excluding hydrogens is 384 g/mol. The highest BCUT2D eigenvalue weighted by Crippen LogP contribution is 2.35.